The van der Waals surface area contributed by atoms with Crippen LogP contribution < -0.4 is 11.1 Å². The molecule has 4 N–H and O–H groups in total. The van der Waals surface area contributed by atoms with E-state index < -0.39 is 0 Å². The van der Waals surface area contributed by atoms with Gasteiger partial charge in [-0.3, -0.25) is 4.79 Å². The Balaban J connectivity index is 3.62. The fourth-order valence-corrected chi connectivity index (χ4v) is 1.70. The van der Waals surface area contributed by atoms with Gasteiger partial charge in [0.25, 0.3) is 0 Å². The maximum Gasteiger partial charge on any atom is 0.220 e. The van der Waals surface area contributed by atoms with Crippen LogP contribution in [0.3, 0.4) is 0 Å². The second-order valence-corrected chi connectivity index (χ2v) is 3.84. The van der Waals surface area contributed by atoms with Gasteiger partial charge >= 0.3 is 0 Å². The Morgan fingerprint density at radius 3 is 2.67 bits per heavy atom. The molecule has 0 aromatic carbocycles. The molecule has 90 valence electrons. The van der Waals surface area contributed by atoms with E-state index >= 15 is 0 Å². The third kappa shape index (κ3) is 8.39. The predicted octanol–water partition coefficient (Wildman–Crippen LogP) is 0.640. The highest BCUT2D eigenvalue weighted by Gasteiger charge is 2.09. The van der Waals surface area contributed by atoms with Crippen LogP contribution in [-0.2, 0) is 4.79 Å². The maximum absolute atomic E-state index is 11.3. The lowest BCUT2D eigenvalue weighted by Crippen LogP contribution is -2.26. The highest BCUT2D eigenvalue weighted by Crippen LogP contribution is 2.16. The quantitative estimate of drug-likeness (QED) is 0.529. The van der Waals surface area contributed by atoms with Gasteiger partial charge in [0, 0.05) is 13.0 Å². The van der Waals surface area contributed by atoms with Gasteiger partial charge in [0.1, 0.15) is 0 Å². The minimum Gasteiger partial charge on any atom is -0.395 e. The Hall–Kier alpha value is -0.610. The summed E-state index contributed by atoms with van der Waals surface area (Å²) in [4.78, 5) is 11.3. The van der Waals surface area contributed by atoms with Gasteiger partial charge in [-0.25, -0.2) is 0 Å². The zero-order valence-electron chi connectivity index (χ0n) is 9.67. The van der Waals surface area contributed by atoms with Gasteiger partial charge in [-0.1, -0.05) is 19.8 Å². The largest absolute Gasteiger partial charge is 0.395 e. The smallest absolute Gasteiger partial charge is 0.220 e. The first-order chi connectivity index (χ1) is 7.24. The average Bonchev–Trinajstić information content (AvgIpc) is 2.23. The Labute approximate surface area is 92.2 Å². The van der Waals surface area contributed by atoms with Gasteiger partial charge in [-0.2, -0.15) is 0 Å². The van der Waals surface area contributed by atoms with Crippen LogP contribution in [0.2, 0.25) is 0 Å². The summed E-state index contributed by atoms with van der Waals surface area (Å²) in [5, 5.41) is 11.2. The van der Waals surface area contributed by atoms with Crippen molar-refractivity contribution in [2.24, 2.45) is 11.7 Å². The maximum atomic E-state index is 11.3. The van der Waals surface area contributed by atoms with Crippen LogP contribution in [0.15, 0.2) is 0 Å². The zero-order chi connectivity index (χ0) is 11.5. The van der Waals surface area contributed by atoms with Crippen molar-refractivity contribution >= 4 is 5.91 Å². The van der Waals surface area contributed by atoms with Crippen molar-refractivity contribution in [1.29, 1.82) is 0 Å². The molecule has 1 unspecified atom stereocenters. The van der Waals surface area contributed by atoms with Crippen LogP contribution in [0.4, 0.5) is 0 Å². The van der Waals surface area contributed by atoms with Crippen LogP contribution >= 0.6 is 0 Å². The first-order valence-electron chi connectivity index (χ1n) is 5.82. The van der Waals surface area contributed by atoms with Gasteiger partial charge in [0.2, 0.25) is 5.91 Å². The van der Waals surface area contributed by atoms with Crippen molar-refractivity contribution in [2.75, 3.05) is 19.7 Å². The molecule has 0 aliphatic rings. The number of aliphatic hydroxyl groups is 1. The molecule has 0 aliphatic heterocycles. The first-order valence-corrected chi connectivity index (χ1v) is 5.82. The number of hydrogen-bond donors (Lipinski definition) is 3. The summed E-state index contributed by atoms with van der Waals surface area (Å²) in [6.45, 7) is 3.21. The third-order valence-electron chi connectivity index (χ3n) is 2.49. The number of carbonyl (C=O) groups excluding carboxylic acids is 1. The lowest BCUT2D eigenvalue weighted by molar-refractivity contribution is -0.121. The SMILES string of the molecule is CCCC(CCN)CCC(=O)NCCO. The predicted molar refractivity (Wildman–Crippen MR) is 61.4 cm³/mol. The zero-order valence-corrected chi connectivity index (χ0v) is 9.67. The van der Waals surface area contributed by atoms with Gasteiger partial charge in [-0.05, 0) is 25.3 Å². The summed E-state index contributed by atoms with van der Waals surface area (Å²) < 4.78 is 0. The Kier molecular flexibility index (Phi) is 9.52. The fraction of sp³-hybridized carbons (Fsp3) is 0.909. The topological polar surface area (TPSA) is 75.4 Å². The van der Waals surface area contributed by atoms with Gasteiger partial charge < -0.3 is 16.2 Å². The van der Waals surface area contributed by atoms with E-state index in [0.717, 1.165) is 25.7 Å². The summed E-state index contributed by atoms with van der Waals surface area (Å²) in [6.07, 6.45) is 4.74. The molecule has 15 heavy (non-hydrogen) atoms. The van der Waals surface area contributed by atoms with E-state index in [9.17, 15) is 4.79 Å². The van der Waals surface area contributed by atoms with E-state index in [1.165, 1.54) is 0 Å². The van der Waals surface area contributed by atoms with Crippen molar-refractivity contribution in [3.05, 3.63) is 0 Å². The summed E-state index contributed by atoms with van der Waals surface area (Å²) in [5.41, 5.74) is 5.51. The van der Waals surface area contributed by atoms with E-state index in [1.807, 2.05) is 0 Å². The van der Waals surface area contributed by atoms with Crippen molar-refractivity contribution in [3.63, 3.8) is 0 Å². The lowest BCUT2D eigenvalue weighted by atomic mass is 9.94. The van der Waals surface area contributed by atoms with Gasteiger partial charge in [0.05, 0.1) is 6.61 Å². The van der Waals surface area contributed by atoms with Crippen molar-refractivity contribution in [2.45, 2.75) is 39.0 Å². The van der Waals surface area contributed by atoms with E-state index in [-0.39, 0.29) is 12.5 Å². The van der Waals surface area contributed by atoms with Crippen LogP contribution in [0.25, 0.3) is 0 Å². The molecule has 1 amide bonds. The number of rotatable bonds is 9. The van der Waals surface area contributed by atoms with Crippen molar-refractivity contribution in [3.8, 4) is 0 Å². The van der Waals surface area contributed by atoms with E-state index in [1.54, 1.807) is 0 Å². The number of carbonyl (C=O) groups is 1. The van der Waals surface area contributed by atoms with Crippen molar-refractivity contribution in [1.82, 2.24) is 5.32 Å². The molecule has 0 bridgehead atoms. The van der Waals surface area contributed by atoms with Crippen LogP contribution in [0.5, 0.6) is 0 Å². The molecule has 4 heteroatoms. The molecule has 0 heterocycles. The molecule has 0 aromatic heterocycles. The number of nitrogens with two attached hydrogens (primary N) is 1. The van der Waals surface area contributed by atoms with Crippen molar-refractivity contribution < 1.29 is 9.90 Å². The van der Waals surface area contributed by atoms with E-state index in [2.05, 4.69) is 12.2 Å². The molecular weight excluding hydrogens is 192 g/mol. The highest BCUT2D eigenvalue weighted by molar-refractivity contribution is 5.75. The standard InChI is InChI=1S/C11H24N2O2/c1-2-3-10(6-7-12)4-5-11(15)13-8-9-14/h10,14H,2-9,12H2,1H3,(H,13,15). The van der Waals surface area contributed by atoms with Crippen LogP contribution in [0, 0.1) is 5.92 Å². The Bertz CT molecular complexity index is 157. The molecule has 0 spiro atoms. The summed E-state index contributed by atoms with van der Waals surface area (Å²) >= 11 is 0. The minimum absolute atomic E-state index is 0.00687. The summed E-state index contributed by atoms with van der Waals surface area (Å²) in [5.74, 6) is 0.599. The summed E-state index contributed by atoms with van der Waals surface area (Å²) in [7, 11) is 0. The monoisotopic (exact) mass is 216 g/mol. The molecule has 0 radical (unpaired) electrons. The van der Waals surface area contributed by atoms with Crippen LogP contribution in [0.1, 0.15) is 39.0 Å². The number of aliphatic hydroxyl groups excluding tert-OH is 1. The molecule has 1 atom stereocenters. The normalized spacial score (nSPS) is 12.5. The molecule has 0 saturated heterocycles. The Morgan fingerprint density at radius 2 is 2.13 bits per heavy atom. The molecular formula is C11H24N2O2. The minimum atomic E-state index is 0.00687. The number of amides is 1. The highest BCUT2D eigenvalue weighted by atomic mass is 16.3. The van der Waals surface area contributed by atoms with Gasteiger partial charge in [-0.15, -0.1) is 0 Å². The second kappa shape index (κ2) is 9.93. The average molecular weight is 216 g/mol. The molecule has 0 aromatic rings. The van der Waals surface area contributed by atoms with Crippen LogP contribution in [-0.4, -0.2) is 30.7 Å². The van der Waals surface area contributed by atoms with E-state index in [4.69, 9.17) is 10.8 Å². The fourth-order valence-electron chi connectivity index (χ4n) is 1.70. The second-order valence-electron chi connectivity index (χ2n) is 3.84. The molecule has 0 aliphatic carbocycles. The number of nitrogens with one attached hydrogen (secondary N) is 1. The molecule has 4 nitrogen and oxygen atoms in total. The number of hydrogen-bond acceptors (Lipinski definition) is 3. The molecule has 0 rings (SSSR count). The third-order valence-corrected chi connectivity index (χ3v) is 2.49. The molecule has 0 fully saturated rings. The molecule has 0 saturated carbocycles. The Morgan fingerprint density at radius 1 is 1.40 bits per heavy atom. The van der Waals surface area contributed by atoms with E-state index in [0.29, 0.717) is 25.4 Å². The first kappa shape index (κ1) is 14.4. The van der Waals surface area contributed by atoms with Gasteiger partial charge in [0.15, 0.2) is 0 Å². The summed E-state index contributed by atoms with van der Waals surface area (Å²) in [6, 6.07) is 0. The lowest BCUT2D eigenvalue weighted by Gasteiger charge is -2.14.